The largest absolute Gasteiger partial charge is 0.383 e. The standard InChI is InChI=1S/C12H12ClN3/c13-9-2-1-3-10(6-9)16-12(14)11(7-15-16)8-4-5-8/h1-3,6-8H,4-5,14H2. The summed E-state index contributed by atoms with van der Waals surface area (Å²) in [6.45, 7) is 0. The van der Waals surface area contributed by atoms with Crippen LogP contribution in [0.15, 0.2) is 30.5 Å². The predicted molar refractivity (Wildman–Crippen MR) is 65.0 cm³/mol. The first-order valence-electron chi connectivity index (χ1n) is 5.35. The van der Waals surface area contributed by atoms with E-state index in [1.165, 1.54) is 18.4 Å². The molecule has 0 amide bonds. The molecule has 0 aliphatic heterocycles. The molecule has 4 heteroatoms. The lowest BCUT2D eigenvalue weighted by Crippen LogP contribution is -2.02. The van der Waals surface area contributed by atoms with Crippen molar-refractivity contribution in [3.63, 3.8) is 0 Å². The number of hydrogen-bond acceptors (Lipinski definition) is 2. The van der Waals surface area contributed by atoms with Gasteiger partial charge in [0.2, 0.25) is 0 Å². The van der Waals surface area contributed by atoms with E-state index in [4.69, 9.17) is 17.3 Å². The first kappa shape index (κ1) is 9.73. The van der Waals surface area contributed by atoms with Gasteiger partial charge in [-0.05, 0) is 37.0 Å². The summed E-state index contributed by atoms with van der Waals surface area (Å²) in [4.78, 5) is 0. The lowest BCUT2D eigenvalue weighted by atomic mass is 10.2. The molecule has 1 aromatic heterocycles. The molecule has 0 unspecified atom stereocenters. The van der Waals surface area contributed by atoms with Crippen molar-refractivity contribution in [3.05, 3.63) is 41.0 Å². The molecule has 82 valence electrons. The Morgan fingerprint density at radius 3 is 2.88 bits per heavy atom. The molecule has 1 aliphatic rings. The Morgan fingerprint density at radius 1 is 1.38 bits per heavy atom. The van der Waals surface area contributed by atoms with Crippen molar-refractivity contribution in [1.82, 2.24) is 9.78 Å². The molecule has 1 aromatic carbocycles. The summed E-state index contributed by atoms with van der Waals surface area (Å²) in [7, 11) is 0. The number of nitrogen functional groups attached to an aromatic ring is 1. The molecule has 0 radical (unpaired) electrons. The maximum absolute atomic E-state index is 6.08. The Labute approximate surface area is 98.8 Å². The fourth-order valence-electron chi connectivity index (χ4n) is 1.89. The van der Waals surface area contributed by atoms with Crippen LogP contribution in [-0.2, 0) is 0 Å². The van der Waals surface area contributed by atoms with E-state index in [0.717, 1.165) is 11.5 Å². The second kappa shape index (κ2) is 3.52. The molecule has 1 aliphatic carbocycles. The molecule has 1 heterocycles. The summed E-state index contributed by atoms with van der Waals surface area (Å²) in [6.07, 6.45) is 4.32. The zero-order valence-corrected chi connectivity index (χ0v) is 9.48. The SMILES string of the molecule is Nc1c(C2CC2)cnn1-c1cccc(Cl)c1. The Kier molecular flexibility index (Phi) is 2.14. The van der Waals surface area contributed by atoms with E-state index in [2.05, 4.69) is 5.10 Å². The van der Waals surface area contributed by atoms with E-state index < -0.39 is 0 Å². The lowest BCUT2D eigenvalue weighted by molar-refractivity contribution is 0.891. The van der Waals surface area contributed by atoms with Crippen LogP contribution in [0.2, 0.25) is 5.02 Å². The minimum atomic E-state index is 0.618. The number of rotatable bonds is 2. The maximum atomic E-state index is 6.08. The smallest absolute Gasteiger partial charge is 0.130 e. The normalized spacial score (nSPS) is 15.3. The zero-order chi connectivity index (χ0) is 11.1. The molecule has 0 saturated heterocycles. The summed E-state index contributed by atoms with van der Waals surface area (Å²) < 4.78 is 1.75. The van der Waals surface area contributed by atoms with Gasteiger partial charge in [-0.25, -0.2) is 4.68 Å². The zero-order valence-electron chi connectivity index (χ0n) is 8.73. The van der Waals surface area contributed by atoms with Crippen molar-refractivity contribution in [2.75, 3.05) is 5.73 Å². The van der Waals surface area contributed by atoms with Crippen molar-refractivity contribution in [1.29, 1.82) is 0 Å². The van der Waals surface area contributed by atoms with Crippen molar-refractivity contribution in [2.24, 2.45) is 0 Å². The molecule has 3 rings (SSSR count). The van der Waals surface area contributed by atoms with Gasteiger partial charge in [0.1, 0.15) is 5.82 Å². The average molecular weight is 234 g/mol. The van der Waals surface area contributed by atoms with E-state index in [0.29, 0.717) is 10.9 Å². The third-order valence-corrected chi connectivity index (χ3v) is 3.14. The van der Waals surface area contributed by atoms with E-state index in [-0.39, 0.29) is 0 Å². The Hall–Kier alpha value is -1.48. The summed E-state index contributed by atoms with van der Waals surface area (Å²) in [5, 5.41) is 5.02. The van der Waals surface area contributed by atoms with E-state index in [1.54, 1.807) is 4.68 Å². The van der Waals surface area contributed by atoms with Crippen LogP contribution in [-0.4, -0.2) is 9.78 Å². The average Bonchev–Trinajstić information content (AvgIpc) is 3.03. The quantitative estimate of drug-likeness (QED) is 0.867. The molecule has 2 N–H and O–H groups in total. The molecule has 2 aromatic rings. The fourth-order valence-corrected chi connectivity index (χ4v) is 2.08. The summed E-state index contributed by atoms with van der Waals surface area (Å²) >= 11 is 5.95. The van der Waals surface area contributed by atoms with Crippen LogP contribution in [0.5, 0.6) is 0 Å². The fraction of sp³-hybridized carbons (Fsp3) is 0.250. The van der Waals surface area contributed by atoms with Gasteiger partial charge in [0.25, 0.3) is 0 Å². The topological polar surface area (TPSA) is 43.8 Å². The Morgan fingerprint density at radius 2 is 2.19 bits per heavy atom. The van der Waals surface area contributed by atoms with Gasteiger partial charge in [0.05, 0.1) is 11.9 Å². The van der Waals surface area contributed by atoms with Gasteiger partial charge in [-0.1, -0.05) is 17.7 Å². The van der Waals surface area contributed by atoms with Crippen molar-refractivity contribution in [3.8, 4) is 5.69 Å². The molecule has 3 nitrogen and oxygen atoms in total. The highest BCUT2D eigenvalue weighted by Crippen LogP contribution is 2.42. The highest BCUT2D eigenvalue weighted by molar-refractivity contribution is 6.30. The Balaban J connectivity index is 2.06. The van der Waals surface area contributed by atoms with Gasteiger partial charge in [0.15, 0.2) is 0 Å². The highest BCUT2D eigenvalue weighted by atomic mass is 35.5. The summed E-state index contributed by atoms with van der Waals surface area (Å²) in [5.41, 5.74) is 8.16. The molecular formula is C12H12ClN3. The van der Waals surface area contributed by atoms with Gasteiger partial charge in [-0.3, -0.25) is 0 Å². The van der Waals surface area contributed by atoms with Crippen molar-refractivity contribution < 1.29 is 0 Å². The van der Waals surface area contributed by atoms with Crippen LogP contribution in [0, 0.1) is 0 Å². The van der Waals surface area contributed by atoms with Crippen LogP contribution < -0.4 is 5.73 Å². The van der Waals surface area contributed by atoms with Gasteiger partial charge >= 0.3 is 0 Å². The first-order chi connectivity index (χ1) is 7.75. The number of benzene rings is 1. The Bertz CT molecular complexity index is 529. The number of nitrogens with zero attached hydrogens (tertiary/aromatic N) is 2. The van der Waals surface area contributed by atoms with Crippen LogP contribution in [0.4, 0.5) is 5.82 Å². The van der Waals surface area contributed by atoms with Gasteiger partial charge in [0, 0.05) is 10.6 Å². The number of halogens is 1. The monoisotopic (exact) mass is 233 g/mol. The maximum Gasteiger partial charge on any atom is 0.130 e. The minimum absolute atomic E-state index is 0.618. The van der Waals surface area contributed by atoms with Crippen LogP contribution in [0.25, 0.3) is 5.69 Å². The van der Waals surface area contributed by atoms with Crippen molar-refractivity contribution in [2.45, 2.75) is 18.8 Å². The predicted octanol–water partition coefficient (Wildman–Crippen LogP) is 2.99. The number of nitrogens with two attached hydrogens (primary N) is 1. The van der Waals surface area contributed by atoms with Crippen molar-refractivity contribution >= 4 is 17.4 Å². The highest BCUT2D eigenvalue weighted by Gasteiger charge is 2.28. The second-order valence-electron chi connectivity index (χ2n) is 4.15. The third-order valence-electron chi connectivity index (χ3n) is 2.91. The van der Waals surface area contributed by atoms with Crippen LogP contribution in [0.3, 0.4) is 0 Å². The summed E-state index contributed by atoms with van der Waals surface area (Å²) in [6, 6.07) is 7.55. The van der Waals surface area contributed by atoms with Gasteiger partial charge in [-0.15, -0.1) is 0 Å². The minimum Gasteiger partial charge on any atom is -0.383 e. The van der Waals surface area contributed by atoms with Crippen LogP contribution in [0.1, 0.15) is 24.3 Å². The first-order valence-corrected chi connectivity index (χ1v) is 5.73. The van der Waals surface area contributed by atoms with Crippen LogP contribution >= 0.6 is 11.6 Å². The molecule has 0 spiro atoms. The molecule has 1 fully saturated rings. The number of aromatic nitrogens is 2. The molecule has 1 saturated carbocycles. The van der Waals surface area contributed by atoms with E-state index in [1.807, 2.05) is 30.5 Å². The van der Waals surface area contributed by atoms with E-state index in [9.17, 15) is 0 Å². The molecule has 16 heavy (non-hydrogen) atoms. The molecule has 0 bridgehead atoms. The lowest BCUT2D eigenvalue weighted by Gasteiger charge is -2.05. The van der Waals surface area contributed by atoms with Gasteiger partial charge in [-0.2, -0.15) is 5.10 Å². The van der Waals surface area contributed by atoms with Gasteiger partial charge < -0.3 is 5.73 Å². The number of hydrogen-bond donors (Lipinski definition) is 1. The second-order valence-corrected chi connectivity index (χ2v) is 4.59. The van der Waals surface area contributed by atoms with E-state index >= 15 is 0 Å². The number of anilines is 1. The third kappa shape index (κ3) is 1.57. The molecular weight excluding hydrogens is 222 g/mol. The summed E-state index contributed by atoms with van der Waals surface area (Å²) in [5.74, 6) is 1.36. The molecule has 0 atom stereocenters.